The predicted octanol–water partition coefficient (Wildman–Crippen LogP) is 3.86. The van der Waals surface area contributed by atoms with Gasteiger partial charge in [-0.3, -0.25) is 0 Å². The number of carbonyl (C=O) groups excluding carboxylic acids is 1. The fraction of sp³-hybridized carbons (Fsp3) is 0.542. The zero-order valence-corrected chi connectivity index (χ0v) is 19.0. The van der Waals surface area contributed by atoms with Crippen molar-refractivity contribution in [1.82, 2.24) is 14.9 Å². The van der Waals surface area contributed by atoms with Crippen LogP contribution in [0.2, 0.25) is 0 Å². The van der Waals surface area contributed by atoms with E-state index in [0.717, 1.165) is 50.0 Å². The van der Waals surface area contributed by atoms with Crippen molar-refractivity contribution < 1.29 is 9.18 Å². The first-order valence-electron chi connectivity index (χ1n) is 11.6. The van der Waals surface area contributed by atoms with Gasteiger partial charge in [0.15, 0.2) is 0 Å². The SMILES string of the molecule is CN(C)c1nc(N[C@H]2CC[C@@H](N(Cc3ccccc3F)C(N)=O)CC2)nc2c1CCCC2. The van der Waals surface area contributed by atoms with Crippen LogP contribution in [0.25, 0.3) is 0 Å². The summed E-state index contributed by atoms with van der Waals surface area (Å²) in [5, 5.41) is 3.53. The average molecular weight is 441 g/mol. The number of carbonyl (C=O) groups is 1. The van der Waals surface area contributed by atoms with Gasteiger partial charge in [0, 0.05) is 37.3 Å². The summed E-state index contributed by atoms with van der Waals surface area (Å²) in [6.45, 7) is 0.199. The maximum absolute atomic E-state index is 14.1. The van der Waals surface area contributed by atoms with E-state index < -0.39 is 6.03 Å². The molecule has 0 aliphatic heterocycles. The molecule has 7 nitrogen and oxygen atoms in total. The van der Waals surface area contributed by atoms with E-state index in [4.69, 9.17) is 15.7 Å². The third-order valence-corrected chi connectivity index (χ3v) is 6.64. The normalized spacial score (nSPS) is 20.3. The van der Waals surface area contributed by atoms with Crippen LogP contribution in [-0.4, -0.2) is 47.1 Å². The highest BCUT2D eigenvalue weighted by Crippen LogP contribution is 2.30. The monoisotopic (exact) mass is 440 g/mol. The number of rotatable bonds is 6. The van der Waals surface area contributed by atoms with Crippen LogP contribution in [0, 0.1) is 5.82 Å². The van der Waals surface area contributed by atoms with Crippen molar-refractivity contribution in [1.29, 1.82) is 0 Å². The zero-order valence-electron chi connectivity index (χ0n) is 19.0. The van der Waals surface area contributed by atoms with Crippen molar-refractivity contribution in [2.24, 2.45) is 5.73 Å². The molecule has 32 heavy (non-hydrogen) atoms. The minimum Gasteiger partial charge on any atom is -0.362 e. The summed E-state index contributed by atoms with van der Waals surface area (Å²) in [6.07, 6.45) is 7.78. The van der Waals surface area contributed by atoms with Crippen molar-refractivity contribution in [3.8, 4) is 0 Å². The van der Waals surface area contributed by atoms with E-state index in [-0.39, 0.29) is 24.4 Å². The van der Waals surface area contributed by atoms with Gasteiger partial charge in [-0.25, -0.2) is 14.2 Å². The molecule has 2 amide bonds. The molecule has 0 bridgehead atoms. The lowest BCUT2D eigenvalue weighted by atomic mass is 9.90. The minimum atomic E-state index is -0.502. The highest BCUT2D eigenvalue weighted by atomic mass is 19.1. The average Bonchev–Trinajstić information content (AvgIpc) is 2.78. The summed E-state index contributed by atoms with van der Waals surface area (Å²) in [7, 11) is 4.06. The van der Waals surface area contributed by atoms with Crippen LogP contribution in [0.3, 0.4) is 0 Å². The van der Waals surface area contributed by atoms with Gasteiger partial charge in [0.05, 0.1) is 12.2 Å². The van der Waals surface area contributed by atoms with Crippen LogP contribution in [0.1, 0.15) is 55.3 Å². The molecule has 1 heterocycles. The minimum absolute atomic E-state index is 0.00643. The van der Waals surface area contributed by atoms with Crippen LogP contribution in [-0.2, 0) is 19.4 Å². The van der Waals surface area contributed by atoms with E-state index in [1.165, 1.54) is 24.5 Å². The Kier molecular flexibility index (Phi) is 6.77. The lowest BCUT2D eigenvalue weighted by Gasteiger charge is -2.36. The van der Waals surface area contributed by atoms with Crippen LogP contribution in [0.15, 0.2) is 24.3 Å². The molecule has 172 valence electrons. The third kappa shape index (κ3) is 4.95. The van der Waals surface area contributed by atoms with Crippen molar-refractivity contribution in [2.45, 2.75) is 70.0 Å². The van der Waals surface area contributed by atoms with Crippen LogP contribution < -0.4 is 16.0 Å². The number of halogens is 1. The molecule has 1 aromatic carbocycles. The second kappa shape index (κ2) is 9.71. The first-order chi connectivity index (χ1) is 15.4. The summed E-state index contributed by atoms with van der Waals surface area (Å²) in [4.78, 5) is 25.4. The molecule has 2 aliphatic carbocycles. The molecule has 2 aromatic rings. The first kappa shape index (κ1) is 22.3. The van der Waals surface area contributed by atoms with Crippen molar-refractivity contribution >= 4 is 17.8 Å². The van der Waals surface area contributed by atoms with E-state index >= 15 is 0 Å². The van der Waals surface area contributed by atoms with E-state index in [0.29, 0.717) is 11.5 Å². The van der Waals surface area contributed by atoms with E-state index in [1.807, 2.05) is 14.1 Å². The maximum atomic E-state index is 14.1. The number of nitrogens with one attached hydrogen (secondary N) is 1. The van der Waals surface area contributed by atoms with Crippen molar-refractivity contribution in [3.05, 3.63) is 46.9 Å². The number of amides is 2. The van der Waals surface area contributed by atoms with Crippen LogP contribution in [0.4, 0.5) is 21.0 Å². The third-order valence-electron chi connectivity index (χ3n) is 6.64. The van der Waals surface area contributed by atoms with Crippen LogP contribution in [0.5, 0.6) is 0 Å². The second-order valence-electron chi connectivity index (χ2n) is 9.10. The summed E-state index contributed by atoms with van der Waals surface area (Å²) in [5.74, 6) is 1.39. The molecule has 2 aliphatic rings. The molecule has 1 saturated carbocycles. The molecule has 4 rings (SSSR count). The molecule has 3 N–H and O–H groups in total. The standard InChI is InChI=1S/C24H33FN6O/c1-30(2)22-19-8-4-6-10-21(19)28-24(29-22)27-17-11-13-18(14-12-17)31(23(26)32)15-16-7-3-5-9-20(16)25/h3,5,7,9,17-18H,4,6,8,10-15H2,1-2H3,(H2,26,32)(H,27,28,29)/t17-,18+. The number of aryl methyl sites for hydroxylation is 1. The quantitative estimate of drug-likeness (QED) is 0.712. The number of primary amides is 1. The van der Waals surface area contributed by atoms with Gasteiger partial charge in [-0.1, -0.05) is 18.2 Å². The molecular weight excluding hydrogens is 407 g/mol. The van der Waals surface area contributed by atoms with E-state index in [9.17, 15) is 9.18 Å². The highest BCUT2D eigenvalue weighted by Gasteiger charge is 2.29. The summed E-state index contributed by atoms with van der Waals surface area (Å²) < 4.78 is 14.1. The van der Waals surface area contributed by atoms with Gasteiger partial charge in [-0.15, -0.1) is 0 Å². The maximum Gasteiger partial charge on any atom is 0.315 e. The Bertz CT molecular complexity index is 958. The number of aromatic nitrogens is 2. The predicted molar refractivity (Wildman–Crippen MR) is 124 cm³/mol. The van der Waals surface area contributed by atoms with Crippen molar-refractivity contribution in [2.75, 3.05) is 24.3 Å². The lowest BCUT2D eigenvalue weighted by Crippen LogP contribution is -2.46. The van der Waals surface area contributed by atoms with Crippen LogP contribution >= 0.6 is 0 Å². The molecule has 1 aromatic heterocycles. The number of nitrogens with zero attached hydrogens (tertiary/aromatic N) is 4. The highest BCUT2D eigenvalue weighted by molar-refractivity contribution is 5.72. The Hall–Kier alpha value is -2.90. The second-order valence-corrected chi connectivity index (χ2v) is 9.10. The Labute approximate surface area is 189 Å². The lowest BCUT2D eigenvalue weighted by molar-refractivity contribution is 0.155. The van der Waals surface area contributed by atoms with E-state index in [1.54, 1.807) is 23.1 Å². The van der Waals surface area contributed by atoms with Gasteiger partial charge in [-0.05, 0) is 57.4 Å². The van der Waals surface area contributed by atoms with Crippen molar-refractivity contribution in [3.63, 3.8) is 0 Å². The number of anilines is 2. The van der Waals surface area contributed by atoms with Gasteiger partial charge in [0.2, 0.25) is 5.95 Å². The molecule has 8 heteroatoms. The summed E-state index contributed by atoms with van der Waals surface area (Å²) >= 11 is 0. The molecule has 0 atom stereocenters. The molecule has 0 unspecified atom stereocenters. The van der Waals surface area contributed by atoms with Gasteiger partial charge < -0.3 is 20.9 Å². The fourth-order valence-electron chi connectivity index (χ4n) is 4.92. The molecule has 1 fully saturated rings. The van der Waals surface area contributed by atoms with Gasteiger partial charge in [-0.2, -0.15) is 4.98 Å². The van der Waals surface area contributed by atoms with E-state index in [2.05, 4.69) is 10.2 Å². The summed E-state index contributed by atoms with van der Waals surface area (Å²) in [5.41, 5.74) is 8.59. The zero-order chi connectivity index (χ0) is 22.7. The van der Waals surface area contributed by atoms with Gasteiger partial charge in [0.25, 0.3) is 0 Å². The Morgan fingerprint density at radius 3 is 2.53 bits per heavy atom. The Morgan fingerprint density at radius 1 is 1.12 bits per heavy atom. The number of fused-ring (bicyclic) bond motifs is 1. The smallest absolute Gasteiger partial charge is 0.315 e. The number of hydrogen-bond donors (Lipinski definition) is 2. The largest absolute Gasteiger partial charge is 0.362 e. The first-order valence-corrected chi connectivity index (χ1v) is 11.6. The fourth-order valence-corrected chi connectivity index (χ4v) is 4.92. The summed E-state index contributed by atoms with van der Waals surface area (Å²) in [6, 6.07) is 6.29. The molecular formula is C24H33FN6O. The number of urea groups is 1. The number of hydrogen-bond acceptors (Lipinski definition) is 5. The topological polar surface area (TPSA) is 87.4 Å². The van der Waals surface area contributed by atoms with Gasteiger partial charge in [0.1, 0.15) is 11.6 Å². The molecule has 0 spiro atoms. The number of nitrogens with two attached hydrogens (primary N) is 1. The molecule has 0 saturated heterocycles. The Balaban J connectivity index is 1.41. The van der Waals surface area contributed by atoms with Gasteiger partial charge >= 0.3 is 6.03 Å². The Morgan fingerprint density at radius 2 is 1.84 bits per heavy atom. The number of benzene rings is 1. The molecule has 0 radical (unpaired) electrons.